The second-order valence-corrected chi connectivity index (χ2v) is 9.16. The van der Waals surface area contributed by atoms with Gasteiger partial charge < -0.3 is 37.5 Å². The van der Waals surface area contributed by atoms with E-state index >= 15 is 0 Å². The van der Waals surface area contributed by atoms with Crippen molar-refractivity contribution in [2.24, 2.45) is 17.4 Å². The first-order valence-corrected chi connectivity index (χ1v) is 12.5. The predicted octanol–water partition coefficient (Wildman–Crippen LogP) is -1.51. The summed E-state index contributed by atoms with van der Waals surface area (Å²) in [6, 6.07) is -4.64. The van der Waals surface area contributed by atoms with Gasteiger partial charge in [-0.3, -0.25) is 19.2 Å². The summed E-state index contributed by atoms with van der Waals surface area (Å²) in [7, 11) is 0. The predicted molar refractivity (Wildman–Crippen MR) is 130 cm³/mol. The van der Waals surface area contributed by atoms with Crippen molar-refractivity contribution >= 4 is 41.4 Å². The van der Waals surface area contributed by atoms with Crippen molar-refractivity contribution in [2.75, 3.05) is 12.0 Å². The Labute approximate surface area is 207 Å². The van der Waals surface area contributed by atoms with E-state index < -0.39 is 60.2 Å². The lowest BCUT2D eigenvalue weighted by atomic mass is 9.97. The van der Waals surface area contributed by atoms with Gasteiger partial charge in [-0.2, -0.15) is 11.8 Å². The SMILES string of the molecule is CCC(C)C(NC(=O)C(N)CCSC)C(=O)NC(CC(N)=O)C(=O)NC(Cc1cnc[nH]1)C(=O)O. The van der Waals surface area contributed by atoms with E-state index in [2.05, 4.69) is 25.9 Å². The van der Waals surface area contributed by atoms with Gasteiger partial charge in [0.1, 0.15) is 18.1 Å². The number of thioether (sulfide) groups is 1. The van der Waals surface area contributed by atoms with Crippen molar-refractivity contribution in [2.45, 2.75) is 63.7 Å². The molecule has 196 valence electrons. The number of rotatable bonds is 16. The van der Waals surface area contributed by atoms with Crippen LogP contribution in [0.25, 0.3) is 0 Å². The molecule has 1 heterocycles. The van der Waals surface area contributed by atoms with Gasteiger partial charge in [-0.05, 0) is 24.3 Å². The van der Waals surface area contributed by atoms with E-state index in [4.69, 9.17) is 11.5 Å². The van der Waals surface area contributed by atoms with Crippen LogP contribution in [-0.2, 0) is 30.4 Å². The number of primary amides is 1. The Morgan fingerprint density at radius 3 is 2.29 bits per heavy atom. The van der Waals surface area contributed by atoms with E-state index in [1.54, 1.807) is 6.92 Å². The van der Waals surface area contributed by atoms with Crippen LogP contribution >= 0.6 is 11.8 Å². The first-order chi connectivity index (χ1) is 16.5. The summed E-state index contributed by atoms with van der Waals surface area (Å²) in [4.78, 5) is 68.1. The Bertz CT molecular complexity index is 866. The van der Waals surface area contributed by atoms with Crippen LogP contribution in [0.15, 0.2) is 12.5 Å². The van der Waals surface area contributed by atoms with Crippen LogP contribution < -0.4 is 27.4 Å². The molecule has 5 unspecified atom stereocenters. The summed E-state index contributed by atoms with van der Waals surface area (Å²) < 4.78 is 0. The highest BCUT2D eigenvalue weighted by Gasteiger charge is 2.33. The zero-order valence-corrected chi connectivity index (χ0v) is 20.9. The molecule has 0 aliphatic rings. The van der Waals surface area contributed by atoms with Crippen molar-refractivity contribution in [3.05, 3.63) is 18.2 Å². The zero-order chi connectivity index (χ0) is 26.5. The van der Waals surface area contributed by atoms with Crippen molar-refractivity contribution in [1.82, 2.24) is 25.9 Å². The number of H-pyrrole nitrogens is 1. The van der Waals surface area contributed by atoms with Gasteiger partial charge in [0, 0.05) is 18.3 Å². The summed E-state index contributed by atoms with van der Waals surface area (Å²) in [6.45, 7) is 3.57. The van der Waals surface area contributed by atoms with Crippen LogP contribution in [0.4, 0.5) is 0 Å². The van der Waals surface area contributed by atoms with E-state index in [1.807, 2.05) is 13.2 Å². The molecule has 1 rings (SSSR count). The number of carboxylic acid groups (broad SMARTS) is 1. The fourth-order valence-corrected chi connectivity index (χ4v) is 3.59. The Kier molecular flexibility index (Phi) is 12.8. The Hall–Kier alpha value is -3.13. The van der Waals surface area contributed by atoms with Crippen LogP contribution in [0.5, 0.6) is 0 Å². The summed E-state index contributed by atoms with van der Waals surface area (Å²) in [6.07, 6.45) is 4.93. The zero-order valence-electron chi connectivity index (χ0n) is 20.1. The van der Waals surface area contributed by atoms with E-state index in [9.17, 15) is 29.1 Å². The third kappa shape index (κ3) is 10.3. The molecule has 0 saturated heterocycles. The van der Waals surface area contributed by atoms with Crippen molar-refractivity contribution in [1.29, 1.82) is 0 Å². The van der Waals surface area contributed by atoms with Crippen LogP contribution in [0.3, 0.4) is 0 Å². The number of nitrogens with zero attached hydrogens (tertiary/aromatic N) is 1. The molecule has 1 aromatic rings. The second-order valence-electron chi connectivity index (χ2n) is 8.17. The third-order valence-corrected chi connectivity index (χ3v) is 6.04. The van der Waals surface area contributed by atoms with Gasteiger partial charge in [0.25, 0.3) is 0 Å². The molecule has 0 aromatic carbocycles. The minimum atomic E-state index is -1.45. The van der Waals surface area contributed by atoms with E-state index in [1.165, 1.54) is 24.3 Å². The number of carboxylic acids is 1. The number of carbonyl (C=O) groups excluding carboxylic acids is 4. The number of amides is 4. The number of hydrogen-bond acceptors (Lipinski definition) is 8. The highest BCUT2D eigenvalue weighted by atomic mass is 32.2. The van der Waals surface area contributed by atoms with Crippen LogP contribution in [-0.4, -0.2) is 80.8 Å². The summed E-state index contributed by atoms with van der Waals surface area (Å²) in [5.41, 5.74) is 11.6. The maximum atomic E-state index is 13.1. The van der Waals surface area contributed by atoms with Crippen LogP contribution in [0, 0.1) is 5.92 Å². The van der Waals surface area contributed by atoms with Gasteiger partial charge in [-0.1, -0.05) is 20.3 Å². The number of nitrogens with one attached hydrogen (secondary N) is 4. The molecule has 0 radical (unpaired) electrons. The second kappa shape index (κ2) is 15.0. The van der Waals surface area contributed by atoms with Crippen LogP contribution in [0.2, 0.25) is 0 Å². The monoisotopic (exact) mass is 513 g/mol. The number of imidazole rings is 1. The van der Waals surface area contributed by atoms with Gasteiger partial charge in [-0.15, -0.1) is 0 Å². The maximum absolute atomic E-state index is 13.1. The molecule has 35 heavy (non-hydrogen) atoms. The topological polar surface area (TPSA) is 222 Å². The lowest BCUT2D eigenvalue weighted by Gasteiger charge is -2.27. The normalized spacial score (nSPS) is 15.2. The van der Waals surface area contributed by atoms with Gasteiger partial charge in [0.05, 0.1) is 18.8 Å². The van der Waals surface area contributed by atoms with E-state index in [0.717, 1.165) is 0 Å². The number of aliphatic carboxylic acids is 1. The molecule has 14 heteroatoms. The van der Waals surface area contributed by atoms with Crippen molar-refractivity contribution < 1.29 is 29.1 Å². The maximum Gasteiger partial charge on any atom is 0.326 e. The quantitative estimate of drug-likeness (QED) is 0.136. The molecular formula is C21H35N7O6S. The summed E-state index contributed by atoms with van der Waals surface area (Å²) >= 11 is 1.53. The van der Waals surface area contributed by atoms with E-state index in [-0.39, 0.29) is 12.3 Å². The lowest BCUT2D eigenvalue weighted by molar-refractivity contribution is -0.142. The highest BCUT2D eigenvalue weighted by molar-refractivity contribution is 7.98. The number of nitrogens with two attached hydrogens (primary N) is 2. The van der Waals surface area contributed by atoms with E-state index in [0.29, 0.717) is 24.3 Å². The van der Waals surface area contributed by atoms with Crippen molar-refractivity contribution in [3.63, 3.8) is 0 Å². The standard InChI is InChI=1S/C21H35N7O6S/c1-4-11(2)17(28-18(30)13(22)5-6-35-3)20(32)26-14(8-16(23)29)19(31)27-15(21(33)34)7-12-9-24-10-25-12/h9-11,13-15,17H,4-8,22H2,1-3H3,(H2,23,29)(H,24,25)(H,26,32)(H,27,31)(H,28,30)(H,33,34). The first kappa shape index (κ1) is 29.9. The summed E-state index contributed by atoms with van der Waals surface area (Å²) in [5, 5.41) is 16.8. The fraction of sp³-hybridized carbons (Fsp3) is 0.619. The molecule has 0 bridgehead atoms. The molecule has 0 aliphatic carbocycles. The Balaban J connectivity index is 2.98. The minimum Gasteiger partial charge on any atom is -0.480 e. The number of carbonyl (C=O) groups is 5. The third-order valence-electron chi connectivity index (χ3n) is 5.39. The molecule has 0 aliphatic heterocycles. The Morgan fingerprint density at radius 2 is 1.77 bits per heavy atom. The molecule has 5 atom stereocenters. The molecule has 9 N–H and O–H groups in total. The number of aromatic amines is 1. The molecular weight excluding hydrogens is 478 g/mol. The van der Waals surface area contributed by atoms with Gasteiger partial charge >= 0.3 is 5.97 Å². The largest absolute Gasteiger partial charge is 0.480 e. The summed E-state index contributed by atoms with van der Waals surface area (Å²) in [5.74, 6) is -3.99. The minimum absolute atomic E-state index is 0.0994. The fourth-order valence-electron chi connectivity index (χ4n) is 3.10. The van der Waals surface area contributed by atoms with Crippen LogP contribution in [0.1, 0.15) is 38.8 Å². The molecule has 1 aromatic heterocycles. The average Bonchev–Trinajstić information content (AvgIpc) is 3.31. The Morgan fingerprint density at radius 1 is 1.11 bits per heavy atom. The molecule has 4 amide bonds. The molecule has 0 fully saturated rings. The van der Waals surface area contributed by atoms with Gasteiger partial charge in [0.2, 0.25) is 23.6 Å². The molecule has 13 nitrogen and oxygen atoms in total. The number of hydrogen-bond donors (Lipinski definition) is 7. The number of aromatic nitrogens is 2. The molecule has 0 spiro atoms. The van der Waals surface area contributed by atoms with Crippen molar-refractivity contribution in [3.8, 4) is 0 Å². The van der Waals surface area contributed by atoms with Gasteiger partial charge in [0.15, 0.2) is 0 Å². The smallest absolute Gasteiger partial charge is 0.326 e. The lowest BCUT2D eigenvalue weighted by Crippen LogP contribution is -2.59. The highest BCUT2D eigenvalue weighted by Crippen LogP contribution is 2.10. The first-order valence-electron chi connectivity index (χ1n) is 11.1. The molecule has 0 saturated carbocycles. The average molecular weight is 514 g/mol. The van der Waals surface area contributed by atoms with Gasteiger partial charge in [-0.25, -0.2) is 9.78 Å².